The molecule has 0 aliphatic rings. The van der Waals surface area contributed by atoms with E-state index in [0.717, 1.165) is 24.4 Å². The van der Waals surface area contributed by atoms with E-state index in [1.54, 1.807) is 0 Å². The molecular formula is C14H19NOS. The first-order chi connectivity index (χ1) is 8.22. The maximum atomic E-state index is 5.68. The Balaban J connectivity index is 2.09. The number of likely N-dealkylation sites (N-methyl/N-ethyl adjacent to an activating group) is 1. The average Bonchev–Trinajstić information content (AvgIpc) is 2.94. The third-order valence-corrected chi connectivity index (χ3v) is 4.18. The third-order valence-electron chi connectivity index (χ3n) is 2.92. The van der Waals surface area contributed by atoms with Gasteiger partial charge in [-0.25, -0.2) is 0 Å². The smallest absolute Gasteiger partial charge is 0.121 e. The summed E-state index contributed by atoms with van der Waals surface area (Å²) in [7, 11) is 1.98. The molecule has 2 nitrogen and oxygen atoms in total. The van der Waals surface area contributed by atoms with Crippen LogP contribution < -0.4 is 5.32 Å². The van der Waals surface area contributed by atoms with Crippen LogP contribution in [-0.2, 0) is 12.8 Å². The summed E-state index contributed by atoms with van der Waals surface area (Å²) in [6.45, 7) is 4.18. The molecule has 0 aromatic carbocycles. The highest BCUT2D eigenvalue weighted by molar-refractivity contribution is 7.11. The van der Waals surface area contributed by atoms with E-state index in [1.807, 2.05) is 31.4 Å². The normalized spacial score (nSPS) is 12.9. The number of hydrogen-bond acceptors (Lipinski definition) is 3. The molecule has 1 N–H and O–H groups in total. The highest BCUT2D eigenvalue weighted by Gasteiger charge is 2.14. The van der Waals surface area contributed by atoms with Gasteiger partial charge >= 0.3 is 0 Å². The minimum absolute atomic E-state index is 0.270. The molecule has 0 bridgehead atoms. The summed E-state index contributed by atoms with van der Waals surface area (Å²) in [5.74, 6) is 2.00. The number of furan rings is 1. The fraction of sp³-hybridized carbons (Fsp3) is 0.429. The van der Waals surface area contributed by atoms with Crippen molar-refractivity contribution in [3.05, 3.63) is 45.5 Å². The van der Waals surface area contributed by atoms with Crippen molar-refractivity contribution >= 4 is 11.3 Å². The minimum Gasteiger partial charge on any atom is -0.465 e. The first kappa shape index (κ1) is 12.4. The quantitative estimate of drug-likeness (QED) is 0.873. The van der Waals surface area contributed by atoms with Crippen molar-refractivity contribution < 1.29 is 4.42 Å². The Morgan fingerprint density at radius 3 is 2.53 bits per heavy atom. The zero-order valence-corrected chi connectivity index (χ0v) is 11.4. The molecule has 0 spiro atoms. The van der Waals surface area contributed by atoms with Crippen LogP contribution in [0.5, 0.6) is 0 Å². The van der Waals surface area contributed by atoms with Crippen molar-refractivity contribution in [2.45, 2.75) is 32.7 Å². The lowest BCUT2D eigenvalue weighted by Crippen LogP contribution is -2.17. The zero-order valence-electron chi connectivity index (χ0n) is 10.6. The molecular weight excluding hydrogens is 230 g/mol. The highest BCUT2D eigenvalue weighted by atomic mass is 32.1. The summed E-state index contributed by atoms with van der Waals surface area (Å²) < 4.78 is 5.68. The van der Waals surface area contributed by atoms with E-state index in [-0.39, 0.29) is 6.04 Å². The minimum atomic E-state index is 0.270. The second-order valence-electron chi connectivity index (χ2n) is 4.22. The molecule has 92 valence electrons. The van der Waals surface area contributed by atoms with Crippen molar-refractivity contribution in [3.63, 3.8) is 0 Å². The van der Waals surface area contributed by atoms with Gasteiger partial charge < -0.3 is 9.73 Å². The molecule has 0 fully saturated rings. The molecule has 0 radical (unpaired) electrons. The lowest BCUT2D eigenvalue weighted by molar-refractivity contribution is 0.416. The Morgan fingerprint density at radius 2 is 2.00 bits per heavy atom. The van der Waals surface area contributed by atoms with Gasteiger partial charge in [0.05, 0.1) is 6.04 Å². The zero-order chi connectivity index (χ0) is 12.3. The summed E-state index contributed by atoms with van der Waals surface area (Å²) in [6.07, 6.45) is 2.11. The van der Waals surface area contributed by atoms with E-state index in [9.17, 15) is 0 Å². The number of rotatable bonds is 5. The molecule has 1 unspecified atom stereocenters. The Labute approximate surface area is 107 Å². The van der Waals surface area contributed by atoms with Gasteiger partial charge in [0, 0.05) is 16.2 Å². The van der Waals surface area contributed by atoms with Crippen LogP contribution in [0.4, 0.5) is 0 Å². The van der Waals surface area contributed by atoms with Crippen molar-refractivity contribution in [2.75, 3.05) is 7.05 Å². The van der Waals surface area contributed by atoms with Gasteiger partial charge in [0.2, 0.25) is 0 Å². The molecule has 0 saturated heterocycles. The van der Waals surface area contributed by atoms with E-state index < -0.39 is 0 Å². The molecule has 17 heavy (non-hydrogen) atoms. The topological polar surface area (TPSA) is 25.2 Å². The standard InChI is InChI=1S/C14H19NOS/c1-4-11-6-7-12(17-11)9-13(15-3)14-8-5-10(2)16-14/h5-8,13,15H,4,9H2,1-3H3. The molecule has 0 saturated carbocycles. The SMILES string of the molecule is CCc1ccc(CC(NC)c2ccc(C)o2)s1. The van der Waals surface area contributed by atoms with Crippen LogP contribution in [0.1, 0.15) is 34.2 Å². The molecule has 0 amide bonds. The van der Waals surface area contributed by atoms with Crippen LogP contribution in [0, 0.1) is 6.92 Å². The molecule has 1 atom stereocenters. The van der Waals surface area contributed by atoms with Crippen molar-refractivity contribution in [1.29, 1.82) is 0 Å². The van der Waals surface area contributed by atoms with Crippen molar-refractivity contribution in [3.8, 4) is 0 Å². The summed E-state index contributed by atoms with van der Waals surface area (Å²) in [5, 5.41) is 3.32. The molecule has 0 aliphatic heterocycles. The van der Waals surface area contributed by atoms with Crippen LogP contribution in [0.3, 0.4) is 0 Å². The average molecular weight is 249 g/mol. The van der Waals surface area contributed by atoms with Crippen molar-refractivity contribution in [1.82, 2.24) is 5.32 Å². The largest absolute Gasteiger partial charge is 0.465 e. The molecule has 0 aliphatic carbocycles. The number of thiophene rings is 1. The van der Waals surface area contributed by atoms with Crippen LogP contribution in [0.2, 0.25) is 0 Å². The number of aryl methyl sites for hydroxylation is 2. The van der Waals surface area contributed by atoms with Gasteiger partial charge in [-0.05, 0) is 44.7 Å². The highest BCUT2D eigenvalue weighted by Crippen LogP contribution is 2.25. The van der Waals surface area contributed by atoms with Crippen molar-refractivity contribution in [2.24, 2.45) is 0 Å². The first-order valence-corrected chi connectivity index (χ1v) is 6.85. The van der Waals surface area contributed by atoms with E-state index in [1.165, 1.54) is 9.75 Å². The molecule has 2 rings (SSSR count). The van der Waals surface area contributed by atoms with Gasteiger partial charge in [-0.3, -0.25) is 0 Å². The fourth-order valence-corrected chi connectivity index (χ4v) is 2.91. The molecule has 2 aromatic rings. The summed E-state index contributed by atoms with van der Waals surface area (Å²) in [4.78, 5) is 2.86. The van der Waals surface area contributed by atoms with Gasteiger partial charge in [-0.2, -0.15) is 0 Å². The van der Waals surface area contributed by atoms with E-state index in [4.69, 9.17) is 4.42 Å². The van der Waals surface area contributed by atoms with Gasteiger partial charge in [0.25, 0.3) is 0 Å². The summed E-state index contributed by atoms with van der Waals surface area (Å²) >= 11 is 1.90. The van der Waals surface area contributed by atoms with E-state index >= 15 is 0 Å². The molecule has 2 aromatic heterocycles. The first-order valence-electron chi connectivity index (χ1n) is 6.04. The maximum absolute atomic E-state index is 5.68. The van der Waals surface area contributed by atoms with Crippen LogP contribution in [0.15, 0.2) is 28.7 Å². The second-order valence-corrected chi connectivity index (χ2v) is 5.47. The fourth-order valence-electron chi connectivity index (χ4n) is 1.91. The Morgan fingerprint density at radius 1 is 1.24 bits per heavy atom. The lowest BCUT2D eigenvalue weighted by atomic mass is 10.1. The lowest BCUT2D eigenvalue weighted by Gasteiger charge is -2.12. The van der Waals surface area contributed by atoms with Crippen LogP contribution in [0.25, 0.3) is 0 Å². The number of nitrogens with one attached hydrogen (secondary N) is 1. The maximum Gasteiger partial charge on any atom is 0.121 e. The monoisotopic (exact) mass is 249 g/mol. The Bertz CT molecular complexity index is 472. The molecule has 2 heterocycles. The van der Waals surface area contributed by atoms with Gasteiger partial charge in [-0.1, -0.05) is 6.92 Å². The van der Waals surface area contributed by atoms with Gasteiger partial charge in [-0.15, -0.1) is 11.3 Å². The Kier molecular flexibility index (Phi) is 4.02. The van der Waals surface area contributed by atoms with E-state index in [2.05, 4.69) is 30.4 Å². The van der Waals surface area contributed by atoms with Gasteiger partial charge in [0.15, 0.2) is 0 Å². The second kappa shape index (κ2) is 5.52. The van der Waals surface area contributed by atoms with Crippen LogP contribution in [-0.4, -0.2) is 7.05 Å². The predicted octanol–water partition coefficient (Wildman–Crippen LogP) is 3.72. The van der Waals surface area contributed by atoms with E-state index in [0.29, 0.717) is 0 Å². The van der Waals surface area contributed by atoms with Crippen LogP contribution >= 0.6 is 11.3 Å². The predicted molar refractivity (Wildman–Crippen MR) is 72.6 cm³/mol. The summed E-state index contributed by atoms with van der Waals surface area (Å²) in [6, 6.07) is 8.80. The Hall–Kier alpha value is -1.06. The third kappa shape index (κ3) is 2.99. The van der Waals surface area contributed by atoms with Gasteiger partial charge in [0.1, 0.15) is 11.5 Å². The molecule has 3 heteroatoms. The summed E-state index contributed by atoms with van der Waals surface area (Å²) in [5.41, 5.74) is 0. The number of hydrogen-bond donors (Lipinski definition) is 1.